The van der Waals surface area contributed by atoms with Gasteiger partial charge in [0.2, 0.25) is 0 Å². The standard InChI is InChI=1S/C26H28N2OS/c1-21-7-9-23(10-8-21)20-29-25-13-11-24(12-14-25)26(30)28-17-15-27(16-18-28)19-22-5-3-2-4-6-22/h2-14H,15-20H2,1H3. The lowest BCUT2D eigenvalue weighted by atomic mass is 10.1. The lowest BCUT2D eigenvalue weighted by Gasteiger charge is -2.36. The fourth-order valence-electron chi connectivity index (χ4n) is 3.68. The van der Waals surface area contributed by atoms with Gasteiger partial charge in [-0.2, -0.15) is 0 Å². The second-order valence-corrected chi connectivity index (χ2v) is 8.24. The highest BCUT2D eigenvalue weighted by Crippen LogP contribution is 2.18. The van der Waals surface area contributed by atoms with Crippen molar-refractivity contribution in [1.82, 2.24) is 9.80 Å². The quantitative estimate of drug-likeness (QED) is 0.521. The predicted molar refractivity (Wildman–Crippen MR) is 127 cm³/mol. The number of piperazine rings is 1. The molecule has 4 rings (SSSR count). The minimum atomic E-state index is 0.577. The minimum absolute atomic E-state index is 0.577. The molecule has 1 saturated heterocycles. The predicted octanol–water partition coefficient (Wildman–Crippen LogP) is 5.07. The van der Waals surface area contributed by atoms with E-state index in [2.05, 4.69) is 83.5 Å². The summed E-state index contributed by atoms with van der Waals surface area (Å²) in [5.74, 6) is 0.870. The van der Waals surface area contributed by atoms with Crippen LogP contribution in [0.1, 0.15) is 22.3 Å². The van der Waals surface area contributed by atoms with Gasteiger partial charge in [-0.15, -0.1) is 0 Å². The Labute approximate surface area is 184 Å². The maximum atomic E-state index is 5.92. The molecule has 0 N–H and O–H groups in total. The first-order valence-corrected chi connectivity index (χ1v) is 10.9. The van der Waals surface area contributed by atoms with Crippen molar-refractivity contribution >= 4 is 17.2 Å². The average Bonchev–Trinajstić information content (AvgIpc) is 2.80. The lowest BCUT2D eigenvalue weighted by molar-refractivity contribution is 0.177. The van der Waals surface area contributed by atoms with E-state index in [1.807, 2.05) is 12.1 Å². The molecule has 0 atom stereocenters. The summed E-state index contributed by atoms with van der Waals surface area (Å²) in [4.78, 5) is 5.74. The van der Waals surface area contributed by atoms with Gasteiger partial charge in [0.05, 0.1) is 0 Å². The van der Waals surface area contributed by atoms with E-state index < -0.39 is 0 Å². The van der Waals surface area contributed by atoms with Gasteiger partial charge in [0.25, 0.3) is 0 Å². The number of aryl methyl sites for hydroxylation is 1. The zero-order chi connectivity index (χ0) is 20.8. The van der Waals surface area contributed by atoms with E-state index in [0.717, 1.165) is 49.0 Å². The second-order valence-electron chi connectivity index (χ2n) is 7.85. The molecule has 3 nitrogen and oxygen atoms in total. The normalized spacial score (nSPS) is 14.5. The number of ether oxygens (including phenoxy) is 1. The van der Waals surface area contributed by atoms with Crippen LogP contribution in [-0.2, 0) is 13.2 Å². The number of benzene rings is 3. The molecule has 0 aliphatic carbocycles. The molecule has 0 unspecified atom stereocenters. The van der Waals surface area contributed by atoms with Crippen LogP contribution in [0.5, 0.6) is 5.75 Å². The highest BCUT2D eigenvalue weighted by atomic mass is 32.1. The molecule has 154 valence electrons. The van der Waals surface area contributed by atoms with E-state index in [0.29, 0.717) is 6.61 Å². The minimum Gasteiger partial charge on any atom is -0.489 e. The molecule has 1 aliphatic heterocycles. The SMILES string of the molecule is Cc1ccc(COc2ccc(C(=S)N3CCN(Cc4ccccc4)CC3)cc2)cc1. The molecule has 3 aromatic rings. The molecule has 0 spiro atoms. The number of hydrogen-bond donors (Lipinski definition) is 0. The third kappa shape index (κ3) is 5.47. The molecule has 0 radical (unpaired) electrons. The highest BCUT2D eigenvalue weighted by molar-refractivity contribution is 7.80. The van der Waals surface area contributed by atoms with Crippen molar-refractivity contribution in [1.29, 1.82) is 0 Å². The highest BCUT2D eigenvalue weighted by Gasteiger charge is 2.19. The van der Waals surface area contributed by atoms with E-state index in [1.54, 1.807) is 0 Å². The van der Waals surface area contributed by atoms with Gasteiger partial charge in [0.1, 0.15) is 17.3 Å². The van der Waals surface area contributed by atoms with Crippen molar-refractivity contribution < 1.29 is 4.74 Å². The Balaban J connectivity index is 1.27. The van der Waals surface area contributed by atoms with Crippen LogP contribution >= 0.6 is 12.2 Å². The Morgan fingerprint density at radius 1 is 0.800 bits per heavy atom. The molecular formula is C26H28N2OS. The van der Waals surface area contributed by atoms with Crippen LogP contribution in [-0.4, -0.2) is 41.0 Å². The number of thiocarbonyl (C=S) groups is 1. The Morgan fingerprint density at radius 2 is 1.47 bits per heavy atom. The van der Waals surface area contributed by atoms with Crippen molar-refractivity contribution in [2.75, 3.05) is 26.2 Å². The summed E-state index contributed by atoms with van der Waals surface area (Å²) in [6.45, 7) is 7.69. The average molecular weight is 417 g/mol. The fourth-order valence-corrected chi connectivity index (χ4v) is 4.00. The fraction of sp³-hybridized carbons (Fsp3) is 0.269. The van der Waals surface area contributed by atoms with Crippen molar-refractivity contribution in [3.05, 3.63) is 101 Å². The van der Waals surface area contributed by atoms with E-state index >= 15 is 0 Å². The summed E-state index contributed by atoms with van der Waals surface area (Å²) in [6, 6.07) is 27.3. The van der Waals surface area contributed by atoms with E-state index in [-0.39, 0.29) is 0 Å². The zero-order valence-corrected chi connectivity index (χ0v) is 18.3. The molecule has 1 fully saturated rings. The molecule has 0 bridgehead atoms. The van der Waals surface area contributed by atoms with Crippen molar-refractivity contribution in [2.45, 2.75) is 20.1 Å². The summed E-state index contributed by atoms with van der Waals surface area (Å²) in [5.41, 5.74) is 4.89. The van der Waals surface area contributed by atoms with Crippen LogP contribution in [0.2, 0.25) is 0 Å². The first-order chi connectivity index (χ1) is 14.7. The van der Waals surface area contributed by atoms with Crippen LogP contribution < -0.4 is 4.74 Å². The van der Waals surface area contributed by atoms with Gasteiger partial charge in [0, 0.05) is 38.3 Å². The Bertz CT molecular complexity index is 947. The molecule has 3 aromatic carbocycles. The van der Waals surface area contributed by atoms with Gasteiger partial charge in [-0.25, -0.2) is 0 Å². The maximum Gasteiger partial charge on any atom is 0.119 e. The first kappa shape index (κ1) is 20.6. The van der Waals surface area contributed by atoms with Crippen LogP contribution in [0.4, 0.5) is 0 Å². The van der Waals surface area contributed by atoms with Crippen molar-refractivity contribution in [3.8, 4) is 5.75 Å². The van der Waals surface area contributed by atoms with Gasteiger partial charge in [-0.05, 0) is 42.3 Å². The monoisotopic (exact) mass is 416 g/mol. The maximum absolute atomic E-state index is 5.92. The van der Waals surface area contributed by atoms with Gasteiger partial charge >= 0.3 is 0 Å². The van der Waals surface area contributed by atoms with Crippen LogP contribution in [0.15, 0.2) is 78.9 Å². The van der Waals surface area contributed by atoms with E-state index in [1.165, 1.54) is 16.7 Å². The van der Waals surface area contributed by atoms with Gasteiger partial charge in [-0.1, -0.05) is 72.4 Å². The van der Waals surface area contributed by atoms with Crippen LogP contribution in [0, 0.1) is 6.92 Å². The molecule has 1 heterocycles. The summed E-state index contributed by atoms with van der Waals surface area (Å²) >= 11 is 5.77. The topological polar surface area (TPSA) is 15.7 Å². The lowest BCUT2D eigenvalue weighted by Crippen LogP contribution is -2.47. The number of rotatable bonds is 6. The smallest absolute Gasteiger partial charge is 0.119 e. The Hall–Kier alpha value is -2.69. The molecule has 0 amide bonds. The van der Waals surface area contributed by atoms with Crippen molar-refractivity contribution in [3.63, 3.8) is 0 Å². The number of hydrogen-bond acceptors (Lipinski definition) is 3. The van der Waals surface area contributed by atoms with Gasteiger partial charge in [-0.3, -0.25) is 4.90 Å². The second kappa shape index (κ2) is 9.88. The van der Waals surface area contributed by atoms with Gasteiger partial charge < -0.3 is 9.64 Å². The Kier molecular flexibility index (Phi) is 6.77. The third-order valence-electron chi connectivity index (χ3n) is 5.54. The van der Waals surface area contributed by atoms with Crippen LogP contribution in [0.25, 0.3) is 0 Å². The third-order valence-corrected chi connectivity index (χ3v) is 6.03. The molecule has 0 saturated carbocycles. The largest absolute Gasteiger partial charge is 0.489 e. The summed E-state index contributed by atoms with van der Waals surface area (Å²) in [7, 11) is 0. The number of nitrogens with zero attached hydrogens (tertiary/aromatic N) is 2. The van der Waals surface area contributed by atoms with E-state index in [4.69, 9.17) is 17.0 Å². The molecule has 0 aromatic heterocycles. The molecule has 1 aliphatic rings. The summed E-state index contributed by atoms with van der Waals surface area (Å²) in [5, 5.41) is 0. The molecule has 30 heavy (non-hydrogen) atoms. The molecule has 4 heteroatoms. The molecular weight excluding hydrogens is 388 g/mol. The summed E-state index contributed by atoms with van der Waals surface area (Å²) in [6.07, 6.45) is 0. The van der Waals surface area contributed by atoms with Crippen LogP contribution in [0.3, 0.4) is 0 Å². The Morgan fingerprint density at radius 3 is 2.13 bits per heavy atom. The zero-order valence-electron chi connectivity index (χ0n) is 17.5. The first-order valence-electron chi connectivity index (χ1n) is 10.5. The summed E-state index contributed by atoms with van der Waals surface area (Å²) < 4.78 is 5.92. The van der Waals surface area contributed by atoms with Gasteiger partial charge in [0.15, 0.2) is 0 Å². The van der Waals surface area contributed by atoms with Crippen molar-refractivity contribution in [2.24, 2.45) is 0 Å². The van der Waals surface area contributed by atoms with E-state index in [9.17, 15) is 0 Å².